The van der Waals surface area contributed by atoms with Gasteiger partial charge in [-0.1, -0.05) is 19.0 Å². The zero-order valence-electron chi connectivity index (χ0n) is 13.4. The molecule has 0 radical (unpaired) electrons. The molecule has 128 valence electrons. The van der Waals surface area contributed by atoms with Gasteiger partial charge in [-0.25, -0.2) is 8.78 Å². The minimum absolute atomic E-state index is 0.0311. The molecule has 1 amide bonds. The molecular weight excluding hydrogens is 318 g/mol. The van der Waals surface area contributed by atoms with Crippen LogP contribution < -0.4 is 0 Å². The molecule has 24 heavy (non-hydrogen) atoms. The van der Waals surface area contributed by atoms with Crippen molar-refractivity contribution in [3.05, 3.63) is 52.9 Å². The number of hydrogen-bond acceptors (Lipinski definition) is 4. The number of halogens is 2. The van der Waals surface area contributed by atoms with Crippen molar-refractivity contribution in [2.24, 2.45) is 0 Å². The highest BCUT2D eigenvalue weighted by Crippen LogP contribution is 2.35. The Morgan fingerprint density at radius 1 is 1.38 bits per heavy atom. The Bertz CT molecular complexity index is 760. The van der Waals surface area contributed by atoms with Crippen LogP contribution in [0.3, 0.4) is 0 Å². The minimum Gasteiger partial charge on any atom is -0.391 e. The molecule has 1 N–H and O–H groups in total. The summed E-state index contributed by atoms with van der Waals surface area (Å²) < 4.78 is 32.7. The Morgan fingerprint density at radius 3 is 2.79 bits per heavy atom. The number of likely N-dealkylation sites (tertiary alicyclic amines) is 1. The van der Waals surface area contributed by atoms with E-state index in [1.165, 1.54) is 11.0 Å². The molecule has 3 rings (SSSR count). The van der Waals surface area contributed by atoms with Crippen molar-refractivity contribution in [3.8, 4) is 0 Å². The van der Waals surface area contributed by atoms with Crippen LogP contribution in [0.2, 0.25) is 0 Å². The number of aliphatic hydroxyl groups excluding tert-OH is 1. The number of benzene rings is 1. The van der Waals surface area contributed by atoms with E-state index in [4.69, 9.17) is 4.52 Å². The third kappa shape index (κ3) is 3.03. The van der Waals surface area contributed by atoms with E-state index >= 15 is 0 Å². The molecule has 1 aromatic heterocycles. The number of rotatable bonds is 3. The van der Waals surface area contributed by atoms with E-state index in [-0.39, 0.29) is 30.1 Å². The number of hydrogen-bond donors (Lipinski definition) is 1. The zero-order valence-corrected chi connectivity index (χ0v) is 13.4. The van der Waals surface area contributed by atoms with Crippen LogP contribution in [0.1, 0.15) is 54.0 Å². The van der Waals surface area contributed by atoms with E-state index < -0.39 is 29.7 Å². The molecule has 0 saturated carbocycles. The Hall–Kier alpha value is -2.28. The Morgan fingerprint density at radius 2 is 2.12 bits per heavy atom. The van der Waals surface area contributed by atoms with Crippen LogP contribution in [-0.4, -0.2) is 33.7 Å². The van der Waals surface area contributed by atoms with Gasteiger partial charge in [-0.15, -0.1) is 0 Å². The lowest BCUT2D eigenvalue weighted by molar-refractivity contribution is 0.0703. The summed E-state index contributed by atoms with van der Waals surface area (Å²) in [6.07, 6.45) is -0.667. The molecule has 1 aromatic carbocycles. The summed E-state index contributed by atoms with van der Waals surface area (Å²) in [7, 11) is 0. The van der Waals surface area contributed by atoms with Gasteiger partial charge in [0.1, 0.15) is 17.4 Å². The summed E-state index contributed by atoms with van der Waals surface area (Å²) in [5.41, 5.74) is 0.141. The van der Waals surface area contributed by atoms with Crippen LogP contribution in [-0.2, 0) is 0 Å². The predicted molar refractivity (Wildman–Crippen MR) is 81.4 cm³/mol. The van der Waals surface area contributed by atoms with Crippen LogP contribution in [0.15, 0.2) is 28.8 Å². The van der Waals surface area contributed by atoms with Gasteiger partial charge >= 0.3 is 0 Å². The highest BCUT2D eigenvalue weighted by molar-refractivity contribution is 5.92. The topological polar surface area (TPSA) is 66.6 Å². The maximum absolute atomic E-state index is 14.1. The monoisotopic (exact) mass is 336 g/mol. The first-order valence-corrected chi connectivity index (χ1v) is 7.77. The van der Waals surface area contributed by atoms with Crippen molar-refractivity contribution in [2.45, 2.75) is 38.3 Å². The molecule has 2 atom stereocenters. The van der Waals surface area contributed by atoms with Crippen molar-refractivity contribution >= 4 is 5.91 Å². The highest BCUT2D eigenvalue weighted by atomic mass is 19.1. The van der Waals surface area contributed by atoms with Gasteiger partial charge < -0.3 is 14.5 Å². The minimum atomic E-state index is -0.807. The fourth-order valence-electron chi connectivity index (χ4n) is 2.91. The average Bonchev–Trinajstić information content (AvgIpc) is 3.16. The molecule has 5 nitrogen and oxygen atoms in total. The molecule has 1 aliphatic rings. The molecule has 0 aliphatic carbocycles. The third-order valence-corrected chi connectivity index (χ3v) is 4.17. The molecule has 0 bridgehead atoms. The van der Waals surface area contributed by atoms with Gasteiger partial charge in [0.05, 0.1) is 12.1 Å². The Labute approximate surface area is 137 Å². The highest BCUT2D eigenvalue weighted by Gasteiger charge is 2.38. The van der Waals surface area contributed by atoms with Crippen LogP contribution in [0.5, 0.6) is 0 Å². The summed E-state index contributed by atoms with van der Waals surface area (Å²) in [4.78, 5) is 14.0. The second-order valence-electron chi connectivity index (χ2n) is 6.30. The second kappa shape index (κ2) is 6.32. The molecule has 1 aliphatic heterocycles. The number of carbonyl (C=O) groups excluding carboxylic acids is 1. The molecule has 7 heteroatoms. The number of aromatic nitrogens is 1. The van der Waals surface area contributed by atoms with Crippen LogP contribution in [0.25, 0.3) is 0 Å². The van der Waals surface area contributed by atoms with Crippen LogP contribution in [0.4, 0.5) is 8.78 Å². The fourth-order valence-corrected chi connectivity index (χ4v) is 2.91. The summed E-state index contributed by atoms with van der Waals surface area (Å²) in [6, 6.07) is 3.88. The number of β-amino-alcohol motifs (C(OH)–C–C–N with tert-alkyl or cyclic N) is 1. The smallest absolute Gasteiger partial charge is 0.276 e. The van der Waals surface area contributed by atoms with Crippen molar-refractivity contribution in [3.63, 3.8) is 0 Å². The van der Waals surface area contributed by atoms with Crippen LogP contribution in [0, 0.1) is 11.6 Å². The summed E-state index contributed by atoms with van der Waals surface area (Å²) in [5, 5.41) is 13.7. The van der Waals surface area contributed by atoms with E-state index in [0.717, 1.165) is 18.2 Å². The molecule has 0 spiro atoms. The normalized spacial score (nSPS) is 20.8. The van der Waals surface area contributed by atoms with Crippen molar-refractivity contribution in [1.29, 1.82) is 0 Å². The fraction of sp³-hybridized carbons (Fsp3) is 0.412. The molecule has 2 heterocycles. The zero-order chi connectivity index (χ0) is 17.4. The third-order valence-electron chi connectivity index (χ3n) is 4.17. The van der Waals surface area contributed by atoms with Gasteiger partial charge in [-0.3, -0.25) is 4.79 Å². The van der Waals surface area contributed by atoms with Crippen molar-refractivity contribution in [2.75, 3.05) is 6.54 Å². The lowest BCUT2D eigenvalue weighted by Gasteiger charge is -2.24. The first kappa shape index (κ1) is 16.6. The predicted octanol–water partition coefficient (Wildman–Crippen LogP) is 3.02. The molecule has 2 aromatic rings. The maximum Gasteiger partial charge on any atom is 0.276 e. The van der Waals surface area contributed by atoms with Gasteiger partial charge in [0.25, 0.3) is 5.91 Å². The standard InChI is InChI=1S/C17H18F2N2O3/c1-9(2)16-7-14(20-24-16)17(23)21-8-11(22)6-15(21)12-5-10(18)3-4-13(12)19/h3-5,7,9,11,15,22H,6,8H2,1-2H3/t11-,15+/m1/s1. The van der Waals surface area contributed by atoms with E-state index in [2.05, 4.69) is 5.16 Å². The lowest BCUT2D eigenvalue weighted by atomic mass is 10.0. The number of carbonyl (C=O) groups is 1. The van der Waals surface area contributed by atoms with E-state index in [1.54, 1.807) is 0 Å². The lowest BCUT2D eigenvalue weighted by Crippen LogP contribution is -2.32. The number of amides is 1. The van der Waals surface area contributed by atoms with Gasteiger partial charge in [-0.05, 0) is 24.6 Å². The van der Waals surface area contributed by atoms with Crippen LogP contribution >= 0.6 is 0 Å². The van der Waals surface area contributed by atoms with Crippen molar-refractivity contribution in [1.82, 2.24) is 10.1 Å². The van der Waals surface area contributed by atoms with E-state index in [1.807, 2.05) is 13.8 Å². The maximum atomic E-state index is 14.1. The summed E-state index contributed by atoms with van der Waals surface area (Å²) in [5.74, 6) is -1.05. The Kier molecular flexibility index (Phi) is 4.36. The average molecular weight is 336 g/mol. The second-order valence-corrected chi connectivity index (χ2v) is 6.30. The first-order valence-electron chi connectivity index (χ1n) is 7.77. The molecule has 1 fully saturated rings. The van der Waals surface area contributed by atoms with Gasteiger partial charge in [0.2, 0.25) is 0 Å². The number of aliphatic hydroxyl groups is 1. The largest absolute Gasteiger partial charge is 0.391 e. The van der Waals surface area contributed by atoms with E-state index in [9.17, 15) is 18.7 Å². The quantitative estimate of drug-likeness (QED) is 0.936. The SMILES string of the molecule is CC(C)c1cc(C(=O)N2C[C@H](O)C[C@H]2c2cc(F)ccc2F)no1. The molecule has 1 saturated heterocycles. The first-order chi connectivity index (χ1) is 11.4. The number of nitrogens with zero attached hydrogens (tertiary/aromatic N) is 2. The van der Waals surface area contributed by atoms with Gasteiger partial charge in [-0.2, -0.15) is 0 Å². The van der Waals surface area contributed by atoms with Crippen molar-refractivity contribution < 1.29 is 23.2 Å². The summed E-state index contributed by atoms with van der Waals surface area (Å²) in [6.45, 7) is 3.84. The summed E-state index contributed by atoms with van der Waals surface area (Å²) >= 11 is 0. The molecule has 0 unspecified atom stereocenters. The van der Waals surface area contributed by atoms with Gasteiger partial charge in [0.15, 0.2) is 5.69 Å². The Balaban J connectivity index is 1.92. The van der Waals surface area contributed by atoms with E-state index in [0.29, 0.717) is 5.76 Å². The molecular formula is C17H18F2N2O3. The van der Waals surface area contributed by atoms with Gasteiger partial charge in [0, 0.05) is 24.1 Å².